The predicted octanol–water partition coefficient (Wildman–Crippen LogP) is 2.54. The summed E-state index contributed by atoms with van der Waals surface area (Å²) in [6, 6.07) is 6.15. The molecule has 0 aliphatic heterocycles. The standard InChI is InChI=1S/C17H18N2O5/c1-9(20)16-15(11-5-4-6-12(7-11)19(22)23)14-10(2)24-18-13(14)8-17(16,3)21/h4-7,15-16,21H,8H2,1-3H3/t15-,16+,17-/m1/s1. The number of Topliss-reactive ketones (excluding diaryl/α,β-unsaturated/α-hetero) is 1. The van der Waals surface area contributed by atoms with Gasteiger partial charge in [0.1, 0.15) is 11.5 Å². The molecule has 1 aromatic heterocycles. The lowest BCUT2D eigenvalue weighted by atomic mass is 9.64. The van der Waals surface area contributed by atoms with E-state index in [0.29, 0.717) is 17.0 Å². The Kier molecular flexibility index (Phi) is 3.76. The topological polar surface area (TPSA) is 106 Å². The fourth-order valence-electron chi connectivity index (χ4n) is 3.79. The normalized spacial score (nSPS) is 26.0. The maximum Gasteiger partial charge on any atom is 0.269 e. The number of nitrogens with zero attached hydrogens (tertiary/aromatic N) is 2. The zero-order valence-corrected chi connectivity index (χ0v) is 13.6. The second kappa shape index (κ2) is 5.52. The first-order valence-corrected chi connectivity index (χ1v) is 7.64. The minimum absolute atomic E-state index is 0.0596. The average molecular weight is 330 g/mol. The molecule has 0 spiro atoms. The fourth-order valence-corrected chi connectivity index (χ4v) is 3.79. The summed E-state index contributed by atoms with van der Waals surface area (Å²) in [7, 11) is 0. The number of rotatable bonds is 3. The third kappa shape index (κ3) is 2.50. The van der Waals surface area contributed by atoms with Crippen molar-refractivity contribution in [3.8, 4) is 0 Å². The summed E-state index contributed by atoms with van der Waals surface area (Å²) in [5.74, 6) is -0.886. The Morgan fingerprint density at radius 1 is 1.50 bits per heavy atom. The second-order valence-electron chi connectivity index (χ2n) is 6.55. The molecule has 0 unspecified atom stereocenters. The van der Waals surface area contributed by atoms with Crippen LogP contribution in [0.25, 0.3) is 0 Å². The maximum absolute atomic E-state index is 12.3. The first-order chi connectivity index (χ1) is 11.2. The van der Waals surface area contributed by atoms with Crippen molar-refractivity contribution in [2.24, 2.45) is 5.92 Å². The first-order valence-electron chi connectivity index (χ1n) is 7.64. The molecule has 0 amide bonds. The van der Waals surface area contributed by atoms with Gasteiger partial charge >= 0.3 is 0 Å². The molecule has 2 aromatic rings. The molecule has 3 rings (SSSR count). The van der Waals surface area contributed by atoms with Gasteiger partial charge in [0.25, 0.3) is 5.69 Å². The summed E-state index contributed by atoms with van der Waals surface area (Å²) in [5.41, 5.74) is 0.554. The van der Waals surface area contributed by atoms with Crippen LogP contribution in [-0.4, -0.2) is 26.6 Å². The molecule has 0 radical (unpaired) electrons. The monoisotopic (exact) mass is 330 g/mol. The molecule has 1 N–H and O–H groups in total. The van der Waals surface area contributed by atoms with Gasteiger partial charge in [0.05, 0.1) is 22.1 Å². The highest BCUT2D eigenvalue weighted by Crippen LogP contribution is 2.47. The molecule has 1 heterocycles. The lowest BCUT2D eigenvalue weighted by Crippen LogP contribution is -2.48. The molecular formula is C17H18N2O5. The van der Waals surface area contributed by atoms with E-state index in [-0.39, 0.29) is 17.9 Å². The zero-order chi connectivity index (χ0) is 17.6. The van der Waals surface area contributed by atoms with Gasteiger partial charge in [-0.3, -0.25) is 14.9 Å². The van der Waals surface area contributed by atoms with E-state index >= 15 is 0 Å². The fraction of sp³-hybridized carbons (Fsp3) is 0.412. The number of non-ortho nitro benzene ring substituents is 1. The predicted molar refractivity (Wildman–Crippen MR) is 84.7 cm³/mol. The number of aromatic nitrogens is 1. The number of aryl methyl sites for hydroxylation is 1. The smallest absolute Gasteiger partial charge is 0.269 e. The SMILES string of the molecule is CC(=O)[C@H]1[C@H](c2cccc([N+](=O)[O-])c2)c2c(noc2C)C[C@@]1(C)O. The molecule has 1 aliphatic carbocycles. The summed E-state index contributed by atoms with van der Waals surface area (Å²) in [6.45, 7) is 4.76. The number of ketones is 1. The molecule has 7 nitrogen and oxygen atoms in total. The zero-order valence-electron chi connectivity index (χ0n) is 13.6. The van der Waals surface area contributed by atoms with Crippen LogP contribution in [0.5, 0.6) is 0 Å². The number of fused-ring (bicyclic) bond motifs is 1. The summed E-state index contributed by atoms with van der Waals surface area (Å²) >= 11 is 0. The minimum atomic E-state index is -1.31. The molecule has 0 saturated heterocycles. The highest BCUT2D eigenvalue weighted by molar-refractivity contribution is 5.82. The lowest BCUT2D eigenvalue weighted by Gasteiger charge is -2.40. The Morgan fingerprint density at radius 3 is 2.83 bits per heavy atom. The van der Waals surface area contributed by atoms with E-state index in [9.17, 15) is 20.0 Å². The number of carbonyl (C=O) groups is 1. The first kappa shape index (κ1) is 16.3. The largest absolute Gasteiger partial charge is 0.389 e. The van der Waals surface area contributed by atoms with Crippen LogP contribution in [0.4, 0.5) is 5.69 Å². The molecule has 3 atom stereocenters. The molecule has 0 bridgehead atoms. The quantitative estimate of drug-likeness (QED) is 0.684. The van der Waals surface area contributed by atoms with Gasteiger partial charge in [-0.15, -0.1) is 0 Å². The Morgan fingerprint density at radius 2 is 2.21 bits per heavy atom. The Balaban J connectivity index is 2.24. The van der Waals surface area contributed by atoms with Gasteiger partial charge in [0, 0.05) is 30.0 Å². The molecule has 126 valence electrons. The number of carbonyl (C=O) groups excluding carboxylic acids is 1. The number of nitro groups is 1. The van der Waals surface area contributed by atoms with E-state index in [1.807, 2.05) is 0 Å². The molecular weight excluding hydrogens is 312 g/mol. The van der Waals surface area contributed by atoms with Gasteiger partial charge in [-0.05, 0) is 26.3 Å². The summed E-state index contributed by atoms with van der Waals surface area (Å²) in [6.07, 6.45) is 0.204. The third-order valence-corrected chi connectivity index (χ3v) is 4.70. The Labute approximate surface area is 138 Å². The van der Waals surface area contributed by atoms with Gasteiger partial charge in [0.2, 0.25) is 0 Å². The summed E-state index contributed by atoms with van der Waals surface area (Å²) < 4.78 is 5.26. The number of benzene rings is 1. The van der Waals surface area contributed by atoms with Crippen molar-refractivity contribution in [1.29, 1.82) is 0 Å². The van der Waals surface area contributed by atoms with Crippen LogP contribution in [0, 0.1) is 23.0 Å². The van der Waals surface area contributed by atoms with Gasteiger partial charge < -0.3 is 9.63 Å². The Hall–Kier alpha value is -2.54. The molecule has 0 fully saturated rings. The molecule has 0 saturated carbocycles. The highest BCUT2D eigenvalue weighted by Gasteiger charge is 2.49. The molecule has 7 heteroatoms. The van der Waals surface area contributed by atoms with Crippen molar-refractivity contribution >= 4 is 11.5 Å². The van der Waals surface area contributed by atoms with Crippen molar-refractivity contribution in [2.45, 2.75) is 38.7 Å². The van der Waals surface area contributed by atoms with Crippen molar-refractivity contribution in [3.05, 3.63) is 57.0 Å². The lowest BCUT2D eigenvalue weighted by molar-refractivity contribution is -0.384. The van der Waals surface area contributed by atoms with Crippen LogP contribution in [0.2, 0.25) is 0 Å². The van der Waals surface area contributed by atoms with Crippen LogP contribution < -0.4 is 0 Å². The number of aliphatic hydroxyl groups is 1. The van der Waals surface area contributed by atoms with Gasteiger partial charge in [-0.1, -0.05) is 17.3 Å². The van der Waals surface area contributed by atoms with Gasteiger partial charge in [-0.2, -0.15) is 0 Å². The third-order valence-electron chi connectivity index (χ3n) is 4.70. The number of nitro benzene ring substituents is 1. The van der Waals surface area contributed by atoms with Crippen LogP contribution in [0.15, 0.2) is 28.8 Å². The Bertz CT molecular complexity index is 824. The molecule has 24 heavy (non-hydrogen) atoms. The van der Waals surface area contributed by atoms with Crippen molar-refractivity contribution in [3.63, 3.8) is 0 Å². The van der Waals surface area contributed by atoms with Crippen LogP contribution in [-0.2, 0) is 11.2 Å². The van der Waals surface area contributed by atoms with Gasteiger partial charge in [0.15, 0.2) is 0 Å². The summed E-state index contributed by atoms with van der Waals surface area (Å²) in [4.78, 5) is 22.9. The van der Waals surface area contributed by atoms with Crippen LogP contribution in [0.1, 0.15) is 42.3 Å². The number of hydrogen-bond acceptors (Lipinski definition) is 6. The van der Waals surface area contributed by atoms with Crippen molar-refractivity contribution < 1.29 is 19.3 Å². The van der Waals surface area contributed by atoms with E-state index in [0.717, 1.165) is 5.56 Å². The second-order valence-corrected chi connectivity index (χ2v) is 6.55. The van der Waals surface area contributed by atoms with E-state index in [1.165, 1.54) is 19.1 Å². The van der Waals surface area contributed by atoms with E-state index < -0.39 is 22.4 Å². The molecule has 1 aromatic carbocycles. The van der Waals surface area contributed by atoms with Crippen LogP contribution in [0.3, 0.4) is 0 Å². The van der Waals surface area contributed by atoms with Crippen LogP contribution >= 0.6 is 0 Å². The van der Waals surface area contributed by atoms with Crippen molar-refractivity contribution in [2.75, 3.05) is 0 Å². The minimum Gasteiger partial charge on any atom is -0.389 e. The average Bonchev–Trinajstić information content (AvgIpc) is 2.85. The highest BCUT2D eigenvalue weighted by atomic mass is 16.6. The summed E-state index contributed by atoms with van der Waals surface area (Å²) in [5, 5.41) is 25.9. The number of hydrogen-bond donors (Lipinski definition) is 1. The van der Waals surface area contributed by atoms with E-state index in [1.54, 1.807) is 26.0 Å². The van der Waals surface area contributed by atoms with Gasteiger partial charge in [-0.25, -0.2) is 0 Å². The van der Waals surface area contributed by atoms with E-state index in [4.69, 9.17) is 4.52 Å². The molecule has 1 aliphatic rings. The van der Waals surface area contributed by atoms with E-state index in [2.05, 4.69) is 5.16 Å². The maximum atomic E-state index is 12.3. The van der Waals surface area contributed by atoms with Crippen molar-refractivity contribution in [1.82, 2.24) is 5.16 Å².